The van der Waals surface area contributed by atoms with E-state index in [1.807, 2.05) is 12.1 Å². The molecule has 0 fully saturated rings. The Morgan fingerprint density at radius 3 is 3.00 bits per heavy atom. The van der Waals surface area contributed by atoms with Crippen molar-refractivity contribution in [1.82, 2.24) is 25.3 Å². The van der Waals surface area contributed by atoms with Crippen molar-refractivity contribution in [2.75, 3.05) is 0 Å². The summed E-state index contributed by atoms with van der Waals surface area (Å²) in [6.07, 6.45) is 7.17. The van der Waals surface area contributed by atoms with Crippen LogP contribution in [-0.2, 0) is 24.2 Å². The number of rotatable bonds is 4. The summed E-state index contributed by atoms with van der Waals surface area (Å²) in [6, 6.07) is 5.28. The molecule has 0 aliphatic heterocycles. The fourth-order valence-electron chi connectivity index (χ4n) is 3.05. The molecular formula is C18H17N5O2S. The first-order valence-electron chi connectivity index (χ1n) is 8.39. The molecule has 1 unspecified atom stereocenters. The zero-order valence-corrected chi connectivity index (χ0v) is 14.8. The SMILES string of the molecule is O=C(NCc1cc(=O)[nH]cn1)C1CCc2sc(-c3ccncc3)nc2C1. The summed E-state index contributed by atoms with van der Waals surface area (Å²) >= 11 is 1.70. The summed E-state index contributed by atoms with van der Waals surface area (Å²) in [5.74, 6) is -0.118. The molecule has 0 saturated heterocycles. The zero-order chi connectivity index (χ0) is 17.9. The number of aromatic amines is 1. The van der Waals surface area contributed by atoms with Crippen LogP contribution in [0.4, 0.5) is 0 Å². The molecule has 1 atom stereocenters. The molecule has 3 heterocycles. The number of nitrogens with zero attached hydrogens (tertiary/aromatic N) is 3. The van der Waals surface area contributed by atoms with Crippen LogP contribution in [0.3, 0.4) is 0 Å². The van der Waals surface area contributed by atoms with Gasteiger partial charge in [-0.3, -0.25) is 14.6 Å². The third-order valence-electron chi connectivity index (χ3n) is 4.41. The fourth-order valence-corrected chi connectivity index (χ4v) is 4.16. The average molecular weight is 367 g/mol. The molecule has 132 valence electrons. The summed E-state index contributed by atoms with van der Waals surface area (Å²) in [5, 5.41) is 3.86. The van der Waals surface area contributed by atoms with Gasteiger partial charge in [0.25, 0.3) is 5.56 Å². The second kappa shape index (κ2) is 7.17. The number of aryl methyl sites for hydroxylation is 1. The first kappa shape index (κ1) is 16.6. The Balaban J connectivity index is 1.42. The van der Waals surface area contributed by atoms with Gasteiger partial charge in [-0.15, -0.1) is 11.3 Å². The van der Waals surface area contributed by atoms with Gasteiger partial charge in [-0.2, -0.15) is 0 Å². The maximum Gasteiger partial charge on any atom is 0.250 e. The van der Waals surface area contributed by atoms with E-state index in [1.165, 1.54) is 17.3 Å². The monoisotopic (exact) mass is 367 g/mol. The fraction of sp³-hybridized carbons (Fsp3) is 0.278. The number of carbonyl (C=O) groups excluding carboxylic acids is 1. The lowest BCUT2D eigenvalue weighted by Gasteiger charge is -2.20. The van der Waals surface area contributed by atoms with E-state index >= 15 is 0 Å². The van der Waals surface area contributed by atoms with Crippen molar-refractivity contribution in [2.45, 2.75) is 25.8 Å². The topological polar surface area (TPSA) is 101 Å². The van der Waals surface area contributed by atoms with Crippen LogP contribution in [0.15, 0.2) is 41.7 Å². The molecule has 8 heteroatoms. The molecule has 3 aromatic rings. The van der Waals surface area contributed by atoms with Gasteiger partial charge in [0.1, 0.15) is 5.01 Å². The van der Waals surface area contributed by atoms with Gasteiger partial charge < -0.3 is 10.3 Å². The minimum atomic E-state index is -0.224. The lowest BCUT2D eigenvalue weighted by atomic mass is 9.90. The van der Waals surface area contributed by atoms with Crippen molar-refractivity contribution < 1.29 is 4.79 Å². The van der Waals surface area contributed by atoms with E-state index in [0.717, 1.165) is 29.1 Å². The number of aromatic nitrogens is 4. The van der Waals surface area contributed by atoms with E-state index in [0.29, 0.717) is 12.1 Å². The van der Waals surface area contributed by atoms with E-state index in [4.69, 9.17) is 4.98 Å². The highest BCUT2D eigenvalue weighted by atomic mass is 32.1. The van der Waals surface area contributed by atoms with E-state index < -0.39 is 0 Å². The Bertz CT molecular complexity index is 983. The molecule has 1 amide bonds. The Morgan fingerprint density at radius 1 is 1.35 bits per heavy atom. The summed E-state index contributed by atoms with van der Waals surface area (Å²) < 4.78 is 0. The first-order valence-corrected chi connectivity index (χ1v) is 9.21. The number of amides is 1. The van der Waals surface area contributed by atoms with Crippen molar-refractivity contribution in [1.29, 1.82) is 0 Å². The molecule has 3 aromatic heterocycles. The van der Waals surface area contributed by atoms with Gasteiger partial charge in [0.15, 0.2) is 0 Å². The van der Waals surface area contributed by atoms with Crippen molar-refractivity contribution in [2.24, 2.45) is 5.92 Å². The Morgan fingerprint density at radius 2 is 2.19 bits per heavy atom. The molecule has 0 saturated carbocycles. The molecule has 0 aromatic carbocycles. The molecule has 4 rings (SSSR count). The Hall–Kier alpha value is -2.87. The maximum atomic E-state index is 12.5. The lowest BCUT2D eigenvalue weighted by Crippen LogP contribution is -2.34. The standard InChI is InChI=1S/C18H17N5O2S/c24-16-8-13(21-10-22-16)9-20-17(25)12-1-2-15-14(7-12)23-18(26-15)11-3-5-19-6-4-11/h3-6,8,10,12H,1-2,7,9H2,(H,20,25)(H,21,22,24). The summed E-state index contributed by atoms with van der Waals surface area (Å²) in [7, 11) is 0. The number of H-pyrrole nitrogens is 1. The minimum absolute atomic E-state index is 0.0174. The Labute approximate surface area is 153 Å². The highest BCUT2D eigenvalue weighted by molar-refractivity contribution is 7.15. The predicted molar refractivity (Wildman–Crippen MR) is 97.6 cm³/mol. The molecule has 2 N–H and O–H groups in total. The number of pyridine rings is 1. The molecular weight excluding hydrogens is 350 g/mol. The number of hydrogen-bond donors (Lipinski definition) is 2. The van der Waals surface area contributed by atoms with Crippen molar-refractivity contribution in [3.63, 3.8) is 0 Å². The number of nitrogens with one attached hydrogen (secondary N) is 2. The smallest absolute Gasteiger partial charge is 0.250 e. The molecule has 26 heavy (non-hydrogen) atoms. The van der Waals surface area contributed by atoms with Gasteiger partial charge in [0.2, 0.25) is 5.91 Å². The highest BCUT2D eigenvalue weighted by Gasteiger charge is 2.27. The van der Waals surface area contributed by atoms with Crippen LogP contribution in [0.1, 0.15) is 22.7 Å². The number of fused-ring (bicyclic) bond motifs is 1. The van der Waals surface area contributed by atoms with E-state index in [2.05, 4.69) is 20.3 Å². The van der Waals surface area contributed by atoms with Gasteiger partial charge in [-0.05, 0) is 25.0 Å². The third-order valence-corrected chi connectivity index (χ3v) is 5.62. The molecule has 0 radical (unpaired) electrons. The van der Waals surface area contributed by atoms with Gasteiger partial charge in [0.05, 0.1) is 24.3 Å². The van der Waals surface area contributed by atoms with Gasteiger partial charge in [-0.1, -0.05) is 0 Å². The van der Waals surface area contributed by atoms with Crippen LogP contribution in [-0.4, -0.2) is 25.8 Å². The highest BCUT2D eigenvalue weighted by Crippen LogP contribution is 2.34. The van der Waals surface area contributed by atoms with Gasteiger partial charge >= 0.3 is 0 Å². The summed E-state index contributed by atoms with van der Waals surface area (Å²) in [6.45, 7) is 0.255. The molecule has 1 aliphatic carbocycles. The van der Waals surface area contributed by atoms with Crippen LogP contribution < -0.4 is 10.9 Å². The number of hydrogen-bond acceptors (Lipinski definition) is 6. The lowest BCUT2D eigenvalue weighted by molar-refractivity contribution is -0.125. The van der Waals surface area contributed by atoms with E-state index in [-0.39, 0.29) is 23.9 Å². The van der Waals surface area contributed by atoms with E-state index in [1.54, 1.807) is 23.7 Å². The van der Waals surface area contributed by atoms with Crippen molar-refractivity contribution in [3.8, 4) is 10.6 Å². The van der Waals surface area contributed by atoms with Crippen LogP contribution in [0, 0.1) is 5.92 Å². The van der Waals surface area contributed by atoms with Gasteiger partial charge in [0, 0.05) is 41.2 Å². The normalized spacial score (nSPS) is 16.1. The number of carbonyl (C=O) groups is 1. The van der Waals surface area contributed by atoms with Crippen molar-refractivity contribution >= 4 is 17.2 Å². The van der Waals surface area contributed by atoms with Gasteiger partial charge in [-0.25, -0.2) is 9.97 Å². The second-order valence-electron chi connectivity index (χ2n) is 6.18. The molecule has 0 spiro atoms. The molecule has 7 nitrogen and oxygen atoms in total. The predicted octanol–water partition coefficient (Wildman–Crippen LogP) is 1.71. The third kappa shape index (κ3) is 3.55. The molecule has 0 bridgehead atoms. The van der Waals surface area contributed by atoms with Crippen LogP contribution in [0.25, 0.3) is 10.6 Å². The number of thiazole rings is 1. The minimum Gasteiger partial charge on any atom is -0.350 e. The Kier molecular flexibility index (Phi) is 4.57. The van der Waals surface area contributed by atoms with E-state index in [9.17, 15) is 9.59 Å². The largest absolute Gasteiger partial charge is 0.350 e. The zero-order valence-electron chi connectivity index (χ0n) is 13.9. The summed E-state index contributed by atoms with van der Waals surface area (Å²) in [5.41, 5.74) is 2.40. The molecule has 1 aliphatic rings. The maximum absolute atomic E-state index is 12.5. The summed E-state index contributed by atoms with van der Waals surface area (Å²) in [4.78, 5) is 40.3. The van der Waals surface area contributed by atoms with Crippen LogP contribution in [0.5, 0.6) is 0 Å². The van der Waals surface area contributed by atoms with Crippen LogP contribution >= 0.6 is 11.3 Å². The quantitative estimate of drug-likeness (QED) is 0.731. The van der Waals surface area contributed by atoms with Crippen molar-refractivity contribution in [3.05, 3.63) is 63.5 Å². The first-order chi connectivity index (χ1) is 12.7. The average Bonchev–Trinajstić information content (AvgIpc) is 3.10. The van der Waals surface area contributed by atoms with Crippen LogP contribution in [0.2, 0.25) is 0 Å². The second-order valence-corrected chi connectivity index (χ2v) is 7.27.